The fourth-order valence-corrected chi connectivity index (χ4v) is 1.71. The maximum Gasteiger partial charge on any atom is 0.148 e. The van der Waals surface area contributed by atoms with Crippen LogP contribution in [0, 0.1) is 6.92 Å². The first-order valence-electron chi connectivity index (χ1n) is 5.11. The molecular formula is C12H18FNO. The minimum absolute atomic E-state index is 0.0106. The number of nitrogens with two attached hydrogens (primary N) is 1. The van der Waals surface area contributed by atoms with E-state index in [-0.39, 0.29) is 6.54 Å². The Balaban J connectivity index is 3.14. The van der Waals surface area contributed by atoms with Gasteiger partial charge in [-0.1, -0.05) is 13.0 Å². The van der Waals surface area contributed by atoms with Crippen molar-refractivity contribution in [3.05, 3.63) is 29.3 Å². The van der Waals surface area contributed by atoms with Crippen molar-refractivity contribution < 1.29 is 9.13 Å². The number of rotatable bonds is 4. The molecule has 15 heavy (non-hydrogen) atoms. The van der Waals surface area contributed by atoms with E-state index in [1.807, 2.05) is 13.0 Å². The van der Waals surface area contributed by atoms with E-state index in [2.05, 4.69) is 0 Å². The average Bonchev–Trinajstić information content (AvgIpc) is 2.27. The van der Waals surface area contributed by atoms with Crippen LogP contribution in [0.4, 0.5) is 4.39 Å². The quantitative estimate of drug-likeness (QED) is 0.830. The topological polar surface area (TPSA) is 35.2 Å². The Morgan fingerprint density at radius 1 is 1.47 bits per heavy atom. The van der Waals surface area contributed by atoms with Gasteiger partial charge < -0.3 is 10.5 Å². The molecule has 0 fully saturated rings. The molecule has 1 aromatic carbocycles. The number of ether oxygens (including phenoxy) is 1. The predicted molar refractivity (Wildman–Crippen MR) is 59.9 cm³/mol. The molecule has 0 aliphatic rings. The van der Waals surface area contributed by atoms with Crippen molar-refractivity contribution >= 4 is 0 Å². The number of alkyl halides is 1. The van der Waals surface area contributed by atoms with E-state index in [0.717, 1.165) is 11.3 Å². The summed E-state index contributed by atoms with van der Waals surface area (Å²) >= 11 is 0. The third kappa shape index (κ3) is 2.29. The van der Waals surface area contributed by atoms with Crippen LogP contribution < -0.4 is 10.5 Å². The molecular weight excluding hydrogens is 193 g/mol. The van der Waals surface area contributed by atoms with Crippen molar-refractivity contribution in [3.8, 4) is 5.75 Å². The van der Waals surface area contributed by atoms with Gasteiger partial charge in [0.05, 0.1) is 7.11 Å². The van der Waals surface area contributed by atoms with Crippen LogP contribution in [0.15, 0.2) is 18.2 Å². The van der Waals surface area contributed by atoms with Gasteiger partial charge in [-0.3, -0.25) is 0 Å². The predicted octanol–water partition coefficient (Wildman–Crippen LogP) is 2.54. The minimum atomic E-state index is -1.42. The van der Waals surface area contributed by atoms with Crippen molar-refractivity contribution in [2.24, 2.45) is 5.73 Å². The molecule has 2 nitrogen and oxygen atoms in total. The second-order valence-electron chi connectivity index (χ2n) is 3.70. The Hall–Kier alpha value is -1.09. The molecule has 0 amide bonds. The molecule has 1 atom stereocenters. The van der Waals surface area contributed by atoms with Crippen LogP contribution in [0.25, 0.3) is 0 Å². The molecule has 1 rings (SSSR count). The van der Waals surface area contributed by atoms with Gasteiger partial charge in [0.25, 0.3) is 0 Å². The van der Waals surface area contributed by atoms with Gasteiger partial charge in [-0.05, 0) is 36.6 Å². The maximum absolute atomic E-state index is 14.3. The van der Waals surface area contributed by atoms with Crippen LogP contribution >= 0.6 is 0 Å². The van der Waals surface area contributed by atoms with Gasteiger partial charge in [0.1, 0.15) is 11.4 Å². The third-order valence-corrected chi connectivity index (χ3v) is 2.80. The fraction of sp³-hybridized carbons (Fsp3) is 0.500. The zero-order valence-electron chi connectivity index (χ0n) is 9.51. The SMILES string of the molecule is CCC(F)(CN)c1ccc(OC)cc1C. The summed E-state index contributed by atoms with van der Waals surface area (Å²) in [6.07, 6.45) is 0.386. The Labute approximate surface area is 90.2 Å². The van der Waals surface area contributed by atoms with E-state index in [0.29, 0.717) is 12.0 Å². The normalized spacial score (nSPS) is 14.7. The van der Waals surface area contributed by atoms with E-state index < -0.39 is 5.67 Å². The van der Waals surface area contributed by atoms with Gasteiger partial charge in [-0.25, -0.2) is 4.39 Å². The van der Waals surface area contributed by atoms with E-state index >= 15 is 0 Å². The zero-order chi connectivity index (χ0) is 11.5. The summed E-state index contributed by atoms with van der Waals surface area (Å²) in [6, 6.07) is 5.35. The zero-order valence-corrected chi connectivity index (χ0v) is 9.51. The lowest BCUT2D eigenvalue weighted by Gasteiger charge is -2.24. The van der Waals surface area contributed by atoms with E-state index in [4.69, 9.17) is 10.5 Å². The summed E-state index contributed by atoms with van der Waals surface area (Å²) in [6.45, 7) is 3.69. The summed E-state index contributed by atoms with van der Waals surface area (Å²) in [7, 11) is 1.60. The molecule has 0 heterocycles. The molecule has 0 saturated carbocycles. The Bertz CT molecular complexity index is 334. The lowest BCUT2D eigenvalue weighted by atomic mass is 9.89. The third-order valence-electron chi connectivity index (χ3n) is 2.80. The number of methoxy groups -OCH3 is 1. The van der Waals surface area contributed by atoms with Crippen molar-refractivity contribution in [3.63, 3.8) is 0 Å². The maximum atomic E-state index is 14.3. The molecule has 1 unspecified atom stereocenters. The molecule has 0 spiro atoms. The number of hydrogen-bond donors (Lipinski definition) is 1. The van der Waals surface area contributed by atoms with Crippen LogP contribution in [0.5, 0.6) is 5.75 Å². The van der Waals surface area contributed by atoms with Crippen molar-refractivity contribution in [2.75, 3.05) is 13.7 Å². The van der Waals surface area contributed by atoms with Crippen LogP contribution in [-0.2, 0) is 5.67 Å². The summed E-state index contributed by atoms with van der Waals surface area (Å²) in [5, 5.41) is 0. The summed E-state index contributed by atoms with van der Waals surface area (Å²) in [5.74, 6) is 0.742. The number of hydrogen-bond acceptors (Lipinski definition) is 2. The fourth-order valence-electron chi connectivity index (χ4n) is 1.71. The lowest BCUT2D eigenvalue weighted by molar-refractivity contribution is 0.168. The standard InChI is InChI=1S/C12H18FNO/c1-4-12(13,8-14)11-6-5-10(15-3)7-9(11)2/h5-7H,4,8,14H2,1-3H3. The lowest BCUT2D eigenvalue weighted by Crippen LogP contribution is -2.30. The molecule has 1 aromatic rings. The largest absolute Gasteiger partial charge is 0.497 e. The second-order valence-corrected chi connectivity index (χ2v) is 3.70. The highest BCUT2D eigenvalue weighted by molar-refractivity contribution is 5.38. The second kappa shape index (κ2) is 4.62. The van der Waals surface area contributed by atoms with E-state index in [1.165, 1.54) is 0 Å². The summed E-state index contributed by atoms with van der Waals surface area (Å²) in [5.41, 5.74) is 5.60. The molecule has 2 N–H and O–H groups in total. The number of benzene rings is 1. The van der Waals surface area contributed by atoms with Crippen molar-refractivity contribution in [2.45, 2.75) is 25.9 Å². The first kappa shape index (κ1) is 12.0. The van der Waals surface area contributed by atoms with Gasteiger partial charge in [0.2, 0.25) is 0 Å². The first-order chi connectivity index (χ1) is 7.07. The minimum Gasteiger partial charge on any atom is -0.497 e. The first-order valence-corrected chi connectivity index (χ1v) is 5.11. The van der Waals surface area contributed by atoms with Gasteiger partial charge in [-0.2, -0.15) is 0 Å². The highest BCUT2D eigenvalue weighted by Gasteiger charge is 2.29. The molecule has 0 aliphatic carbocycles. The van der Waals surface area contributed by atoms with Crippen molar-refractivity contribution in [1.82, 2.24) is 0 Å². The van der Waals surface area contributed by atoms with Gasteiger partial charge in [-0.15, -0.1) is 0 Å². The monoisotopic (exact) mass is 211 g/mol. The van der Waals surface area contributed by atoms with Gasteiger partial charge >= 0.3 is 0 Å². The summed E-state index contributed by atoms with van der Waals surface area (Å²) < 4.78 is 19.4. The molecule has 84 valence electrons. The molecule has 0 aliphatic heterocycles. The highest BCUT2D eigenvalue weighted by Crippen LogP contribution is 2.32. The average molecular weight is 211 g/mol. The van der Waals surface area contributed by atoms with Crippen LogP contribution in [0.3, 0.4) is 0 Å². The smallest absolute Gasteiger partial charge is 0.148 e. The van der Waals surface area contributed by atoms with Gasteiger partial charge in [0, 0.05) is 6.54 Å². The summed E-state index contributed by atoms with van der Waals surface area (Å²) in [4.78, 5) is 0. The van der Waals surface area contributed by atoms with Crippen LogP contribution in [0.2, 0.25) is 0 Å². The Morgan fingerprint density at radius 2 is 2.13 bits per heavy atom. The Morgan fingerprint density at radius 3 is 2.53 bits per heavy atom. The van der Waals surface area contributed by atoms with E-state index in [1.54, 1.807) is 26.2 Å². The van der Waals surface area contributed by atoms with Crippen molar-refractivity contribution in [1.29, 1.82) is 0 Å². The molecule has 3 heteroatoms. The molecule has 0 saturated heterocycles. The number of aryl methyl sites for hydroxylation is 1. The molecule has 0 aromatic heterocycles. The highest BCUT2D eigenvalue weighted by atomic mass is 19.1. The van der Waals surface area contributed by atoms with Crippen LogP contribution in [0.1, 0.15) is 24.5 Å². The van der Waals surface area contributed by atoms with Gasteiger partial charge in [0.15, 0.2) is 0 Å². The Kier molecular flexibility index (Phi) is 3.69. The molecule has 0 bridgehead atoms. The van der Waals surface area contributed by atoms with E-state index in [9.17, 15) is 4.39 Å². The molecule has 0 radical (unpaired) electrons. The number of halogens is 1. The van der Waals surface area contributed by atoms with Crippen LogP contribution in [-0.4, -0.2) is 13.7 Å².